The number of hydrogen-bond donors (Lipinski definition) is 2. The van der Waals surface area contributed by atoms with E-state index < -0.39 is 0 Å². The zero-order valence-corrected chi connectivity index (χ0v) is 4.55. The molecule has 0 aromatic rings. The van der Waals surface area contributed by atoms with Gasteiger partial charge in [-0.3, -0.25) is 0 Å². The molecule has 0 atom stereocenters. The first-order valence-corrected chi connectivity index (χ1v) is 0.365. The smallest absolute Gasteiger partial charge is 0.204 e. The molecule has 6 N–H and O–H groups in total. The standard InChI is InChI=1S/NO2.2H3N.Pd/c2-1-3;;;/h;2*1H3;. The van der Waals surface area contributed by atoms with Crippen molar-refractivity contribution in [2.75, 3.05) is 0 Å². The second-order valence-corrected chi connectivity index (χ2v) is 0.0745. The summed E-state index contributed by atoms with van der Waals surface area (Å²) in [5.74, 6) is 0. The summed E-state index contributed by atoms with van der Waals surface area (Å²) in [6.45, 7) is 0. The van der Waals surface area contributed by atoms with Crippen LogP contribution in [0.5, 0.6) is 0 Å². The van der Waals surface area contributed by atoms with Gasteiger partial charge in [0.2, 0.25) is 5.34 Å². The van der Waals surface area contributed by atoms with Gasteiger partial charge in [0.1, 0.15) is 0 Å². The maximum absolute atomic E-state index is 8.00. The van der Waals surface area contributed by atoms with Gasteiger partial charge < -0.3 is 12.3 Å². The van der Waals surface area contributed by atoms with Gasteiger partial charge in [0, 0.05) is 20.4 Å². The molecule has 6 heteroatoms. The average Bonchev–Trinajstić information content (AvgIpc) is 0.918. The molecule has 0 saturated carbocycles. The van der Waals surface area contributed by atoms with Crippen molar-refractivity contribution in [3.8, 4) is 0 Å². The third kappa shape index (κ3) is 114000. The molecular weight excluding hydrogens is 180 g/mol. The van der Waals surface area contributed by atoms with Crippen LogP contribution in [0.15, 0.2) is 5.34 Å². The maximum Gasteiger partial charge on any atom is 0.204 e. The first-order chi connectivity index (χ1) is 1.41. The Labute approximate surface area is 48.9 Å². The number of nitrogens with zero attached hydrogens (tertiary/aromatic N) is 1. The third-order valence-corrected chi connectivity index (χ3v) is 0. The normalized spacial score (nSPS) is 2.00. The number of rotatable bonds is 0. The third-order valence-electron chi connectivity index (χ3n) is 0. The van der Waals surface area contributed by atoms with Gasteiger partial charge in [-0.15, -0.1) is 10.1 Å². The second-order valence-electron chi connectivity index (χ2n) is 0.0745. The van der Waals surface area contributed by atoms with E-state index in [9.17, 15) is 0 Å². The van der Waals surface area contributed by atoms with Crippen molar-refractivity contribution in [2.24, 2.45) is 5.34 Å². The van der Waals surface area contributed by atoms with Crippen molar-refractivity contribution in [1.29, 1.82) is 0 Å². The van der Waals surface area contributed by atoms with Gasteiger partial charge in [0.25, 0.3) is 0 Å². The van der Waals surface area contributed by atoms with Crippen LogP contribution in [-0.4, -0.2) is 0 Å². The Kier molecular flexibility index (Phi) is 516. The Bertz CT molecular complexity index is 16.3. The van der Waals surface area contributed by atoms with E-state index >= 15 is 0 Å². The van der Waals surface area contributed by atoms with Crippen LogP contribution in [0, 0.1) is 4.91 Å². The minimum atomic E-state index is 0. The van der Waals surface area contributed by atoms with Gasteiger partial charge in [0.05, 0.1) is 0 Å². The van der Waals surface area contributed by atoms with Crippen molar-refractivity contribution in [3.63, 3.8) is 0 Å². The Morgan fingerprint density at radius 2 is 1.17 bits per heavy atom. The molecule has 5 nitrogen and oxygen atoms in total. The summed E-state index contributed by atoms with van der Waals surface area (Å²) in [5, 5.41) is 9.00. The SMILES string of the molecule is N.N.[O]N=O.[Pd]. The van der Waals surface area contributed by atoms with E-state index in [1.54, 1.807) is 0 Å². The molecule has 0 amide bonds. The van der Waals surface area contributed by atoms with Crippen LogP contribution in [0.1, 0.15) is 0 Å². The summed E-state index contributed by atoms with van der Waals surface area (Å²) in [4.78, 5) is 8.00. The molecule has 0 fully saturated rings. The van der Waals surface area contributed by atoms with Crippen LogP contribution in [0.2, 0.25) is 0 Å². The fraction of sp³-hybridized carbons (Fsp3) is 0. The van der Waals surface area contributed by atoms with Crippen LogP contribution >= 0.6 is 0 Å². The summed E-state index contributed by atoms with van der Waals surface area (Å²) < 4.78 is 0. The van der Waals surface area contributed by atoms with E-state index in [-0.39, 0.29) is 32.7 Å². The molecule has 0 saturated heterocycles. The molecule has 0 aliphatic heterocycles. The van der Waals surface area contributed by atoms with Gasteiger partial charge in [0.15, 0.2) is 0 Å². The van der Waals surface area contributed by atoms with E-state index in [1.165, 1.54) is 0 Å². The molecule has 0 heterocycles. The van der Waals surface area contributed by atoms with Crippen LogP contribution < -0.4 is 12.3 Å². The summed E-state index contributed by atoms with van der Waals surface area (Å²) in [6.07, 6.45) is 0. The van der Waals surface area contributed by atoms with Crippen LogP contribution in [-0.2, 0) is 25.6 Å². The van der Waals surface area contributed by atoms with E-state index in [4.69, 9.17) is 10.1 Å². The van der Waals surface area contributed by atoms with Crippen molar-refractivity contribution in [3.05, 3.63) is 4.91 Å². The predicted molar refractivity (Wildman–Crippen MR) is 16.5 cm³/mol. The fourth-order valence-corrected chi connectivity index (χ4v) is 0. The largest absolute Gasteiger partial charge is 0.344 e. The maximum atomic E-state index is 8.00. The van der Waals surface area contributed by atoms with Crippen molar-refractivity contribution < 1.29 is 25.6 Å². The summed E-state index contributed by atoms with van der Waals surface area (Å²) in [7, 11) is 0. The average molecular weight is 186 g/mol. The fourth-order valence-electron chi connectivity index (χ4n) is 0. The quantitative estimate of drug-likeness (QED) is 0.324. The Morgan fingerprint density at radius 1 is 1.17 bits per heavy atom. The Morgan fingerprint density at radius 3 is 1.17 bits per heavy atom. The summed E-state index contributed by atoms with van der Waals surface area (Å²) in [5.41, 5.74) is 0. The molecule has 0 rings (SSSR count). The van der Waals surface area contributed by atoms with Crippen LogP contribution in [0.4, 0.5) is 0 Å². The van der Waals surface area contributed by atoms with Crippen LogP contribution in [0.25, 0.3) is 0 Å². The van der Waals surface area contributed by atoms with E-state index in [1.807, 2.05) is 0 Å². The van der Waals surface area contributed by atoms with Crippen molar-refractivity contribution in [2.45, 2.75) is 0 Å². The predicted octanol–water partition coefficient (Wildman–Crippen LogP) is 0.420. The van der Waals surface area contributed by atoms with E-state index in [2.05, 4.69) is 0 Å². The minimum absolute atomic E-state index is 0. The molecule has 0 unspecified atom stereocenters. The second kappa shape index (κ2) is 81.9. The molecule has 0 aromatic carbocycles. The number of hydrogen-bond acceptors (Lipinski definition) is 4. The first kappa shape index (κ1) is 37.8. The zero-order chi connectivity index (χ0) is 2.71. The molecule has 43 valence electrons. The topological polar surface area (TPSA) is 119 Å². The van der Waals surface area contributed by atoms with E-state index in [0.29, 0.717) is 0 Å². The molecule has 0 aliphatic carbocycles. The molecular formula is H6N3O2Pd. The van der Waals surface area contributed by atoms with Gasteiger partial charge in [-0.05, 0) is 0 Å². The molecule has 0 aliphatic rings. The summed E-state index contributed by atoms with van der Waals surface area (Å²) >= 11 is 0. The van der Waals surface area contributed by atoms with Gasteiger partial charge >= 0.3 is 0 Å². The first-order valence-electron chi connectivity index (χ1n) is 0.365. The molecule has 1 radical (unpaired) electrons. The van der Waals surface area contributed by atoms with Gasteiger partial charge in [-0.2, -0.15) is 0 Å². The van der Waals surface area contributed by atoms with Gasteiger partial charge in [-0.25, -0.2) is 0 Å². The molecule has 0 aromatic heterocycles. The Balaban J connectivity index is -0.00000000667. The monoisotopic (exact) mass is 186 g/mol. The minimum Gasteiger partial charge on any atom is -0.344 e. The zero-order valence-electron chi connectivity index (χ0n) is 2.99. The molecule has 6 heavy (non-hydrogen) atoms. The Hall–Kier alpha value is -0.0177. The summed E-state index contributed by atoms with van der Waals surface area (Å²) in [6, 6.07) is 0. The van der Waals surface area contributed by atoms with Crippen molar-refractivity contribution >= 4 is 0 Å². The van der Waals surface area contributed by atoms with E-state index in [0.717, 1.165) is 5.34 Å². The molecule has 0 bridgehead atoms. The molecule has 0 spiro atoms. The van der Waals surface area contributed by atoms with Crippen LogP contribution in [0.3, 0.4) is 0 Å². The van der Waals surface area contributed by atoms with Gasteiger partial charge in [-0.1, -0.05) is 0 Å². The van der Waals surface area contributed by atoms with Crippen molar-refractivity contribution in [1.82, 2.24) is 12.3 Å².